The van der Waals surface area contributed by atoms with Crippen LogP contribution in [0, 0.1) is 5.82 Å². The number of halogens is 1. The summed E-state index contributed by atoms with van der Waals surface area (Å²) in [5.74, 6) is 0.552. The fourth-order valence-electron chi connectivity index (χ4n) is 2.16. The third-order valence-corrected chi connectivity index (χ3v) is 3.60. The molecule has 0 spiro atoms. The number of hydrogen-bond donors (Lipinski definition) is 3. The molecule has 3 N–H and O–H groups in total. The van der Waals surface area contributed by atoms with Crippen LogP contribution in [0.15, 0.2) is 29.3 Å². The molecule has 1 aromatic carbocycles. The summed E-state index contributed by atoms with van der Waals surface area (Å²) < 4.78 is 13.4. The number of hydrogen-bond acceptors (Lipinski definition) is 2. The Morgan fingerprint density at radius 1 is 1.09 bits per heavy atom. The van der Waals surface area contributed by atoms with Gasteiger partial charge in [-0.2, -0.15) is 0 Å². The van der Waals surface area contributed by atoms with E-state index in [2.05, 4.69) is 55.6 Å². The molecule has 4 nitrogen and oxygen atoms in total. The van der Waals surface area contributed by atoms with Crippen molar-refractivity contribution in [1.29, 1.82) is 0 Å². The molecule has 0 saturated heterocycles. The number of benzene rings is 1. The summed E-state index contributed by atoms with van der Waals surface area (Å²) in [5, 5.41) is 10.0. The number of guanidine groups is 1. The molecule has 0 aliphatic heterocycles. The van der Waals surface area contributed by atoms with Gasteiger partial charge in [-0.25, -0.2) is 4.39 Å². The third kappa shape index (κ3) is 7.46. The van der Waals surface area contributed by atoms with E-state index in [9.17, 15) is 4.39 Å². The van der Waals surface area contributed by atoms with Crippen molar-refractivity contribution < 1.29 is 4.39 Å². The van der Waals surface area contributed by atoms with Gasteiger partial charge in [0.25, 0.3) is 0 Å². The molecule has 0 aromatic heterocycles. The van der Waals surface area contributed by atoms with Gasteiger partial charge >= 0.3 is 0 Å². The van der Waals surface area contributed by atoms with Crippen LogP contribution < -0.4 is 16.0 Å². The minimum Gasteiger partial charge on any atom is -0.356 e. The van der Waals surface area contributed by atoms with Gasteiger partial charge in [0.2, 0.25) is 0 Å². The van der Waals surface area contributed by atoms with Crippen molar-refractivity contribution >= 4 is 5.96 Å². The average Bonchev–Trinajstić information content (AvgIpc) is 2.45. The molecule has 0 aliphatic rings. The lowest BCUT2D eigenvalue weighted by atomic mass is 9.84. The van der Waals surface area contributed by atoms with Crippen LogP contribution in [0.1, 0.15) is 40.2 Å². The van der Waals surface area contributed by atoms with Gasteiger partial charge in [0, 0.05) is 37.6 Å². The van der Waals surface area contributed by atoms with E-state index in [4.69, 9.17) is 0 Å². The van der Waals surface area contributed by atoms with Crippen molar-refractivity contribution in [3.05, 3.63) is 35.6 Å². The van der Waals surface area contributed by atoms with Crippen molar-refractivity contribution in [2.45, 2.75) is 45.6 Å². The molecule has 0 amide bonds. The highest BCUT2D eigenvalue weighted by Gasteiger charge is 2.21. The molecule has 23 heavy (non-hydrogen) atoms. The number of aliphatic imine (C=N–C) groups is 1. The smallest absolute Gasteiger partial charge is 0.191 e. The summed E-state index contributed by atoms with van der Waals surface area (Å²) in [4.78, 5) is 4.23. The fourth-order valence-corrected chi connectivity index (χ4v) is 2.16. The Morgan fingerprint density at radius 2 is 1.78 bits per heavy atom. The second-order valence-electron chi connectivity index (χ2n) is 7.42. The minimum atomic E-state index is -0.202. The average molecular weight is 322 g/mol. The quantitative estimate of drug-likeness (QED) is 0.429. The van der Waals surface area contributed by atoms with Crippen LogP contribution in [-0.2, 0) is 5.41 Å². The molecule has 0 bridgehead atoms. The first-order chi connectivity index (χ1) is 10.6. The molecule has 0 aliphatic carbocycles. The highest BCUT2D eigenvalue weighted by atomic mass is 19.1. The number of rotatable bonds is 6. The Bertz CT molecular complexity index is 518. The second-order valence-corrected chi connectivity index (χ2v) is 7.42. The zero-order valence-corrected chi connectivity index (χ0v) is 15.3. The zero-order valence-electron chi connectivity index (χ0n) is 15.3. The topological polar surface area (TPSA) is 48.5 Å². The minimum absolute atomic E-state index is 0.109. The maximum absolute atomic E-state index is 13.4. The normalized spacial score (nSPS) is 13.1. The fraction of sp³-hybridized carbons (Fsp3) is 0.611. The zero-order chi connectivity index (χ0) is 17.5. The van der Waals surface area contributed by atoms with Gasteiger partial charge in [-0.15, -0.1) is 0 Å². The monoisotopic (exact) mass is 322 g/mol. The Balaban J connectivity index is 2.47. The van der Waals surface area contributed by atoms with E-state index in [-0.39, 0.29) is 16.8 Å². The predicted octanol–water partition coefficient (Wildman–Crippen LogP) is 2.66. The molecule has 0 heterocycles. The van der Waals surface area contributed by atoms with Crippen molar-refractivity contribution in [2.24, 2.45) is 4.99 Å². The second kappa shape index (κ2) is 8.29. The summed E-state index contributed by atoms with van der Waals surface area (Å²) in [6, 6.07) is 6.76. The lowest BCUT2D eigenvalue weighted by Crippen LogP contribution is -2.47. The molecular weight excluding hydrogens is 291 g/mol. The van der Waals surface area contributed by atoms with Gasteiger partial charge in [0.05, 0.1) is 0 Å². The molecule has 1 aromatic rings. The third-order valence-electron chi connectivity index (χ3n) is 3.60. The summed E-state index contributed by atoms with van der Waals surface area (Å²) >= 11 is 0. The van der Waals surface area contributed by atoms with Crippen LogP contribution in [0.2, 0.25) is 0 Å². The lowest BCUT2D eigenvalue weighted by Gasteiger charge is -2.27. The number of nitrogens with zero attached hydrogens (tertiary/aromatic N) is 1. The van der Waals surface area contributed by atoms with Gasteiger partial charge in [-0.3, -0.25) is 4.99 Å². The van der Waals surface area contributed by atoms with E-state index in [1.54, 1.807) is 19.2 Å². The van der Waals surface area contributed by atoms with Crippen LogP contribution in [-0.4, -0.2) is 38.2 Å². The summed E-state index contributed by atoms with van der Waals surface area (Å²) in [5.41, 5.74) is 0.885. The first-order valence-electron chi connectivity index (χ1n) is 8.10. The summed E-state index contributed by atoms with van der Waals surface area (Å²) in [7, 11) is 1.75. The van der Waals surface area contributed by atoms with Gasteiger partial charge in [-0.1, -0.05) is 26.0 Å². The standard InChI is InChI=1S/C18H31FN4/c1-17(2,3)23-11-10-21-16(20-6)22-13-18(4,5)14-8-7-9-15(19)12-14/h7-9,12,23H,10-11,13H2,1-6H3,(H2,20,21,22). The van der Waals surface area contributed by atoms with E-state index < -0.39 is 0 Å². The highest BCUT2D eigenvalue weighted by Crippen LogP contribution is 2.22. The van der Waals surface area contributed by atoms with E-state index >= 15 is 0 Å². The van der Waals surface area contributed by atoms with Gasteiger partial charge in [0.15, 0.2) is 5.96 Å². The molecule has 0 saturated carbocycles. The Hall–Kier alpha value is -1.62. The molecule has 0 radical (unpaired) electrons. The SMILES string of the molecule is CN=C(NCCNC(C)(C)C)NCC(C)(C)c1cccc(F)c1. The lowest BCUT2D eigenvalue weighted by molar-refractivity contribution is 0.427. The van der Waals surface area contributed by atoms with Gasteiger partial charge in [0.1, 0.15) is 5.82 Å². The largest absolute Gasteiger partial charge is 0.356 e. The first-order valence-corrected chi connectivity index (χ1v) is 8.10. The van der Waals surface area contributed by atoms with Crippen LogP contribution >= 0.6 is 0 Å². The van der Waals surface area contributed by atoms with Gasteiger partial charge < -0.3 is 16.0 Å². The van der Waals surface area contributed by atoms with Crippen LogP contribution in [0.25, 0.3) is 0 Å². The van der Waals surface area contributed by atoms with Crippen LogP contribution in [0.5, 0.6) is 0 Å². The first kappa shape index (κ1) is 19.4. The molecular formula is C18H31FN4. The van der Waals surface area contributed by atoms with E-state index in [1.807, 2.05) is 6.07 Å². The van der Waals surface area contributed by atoms with Crippen molar-refractivity contribution in [1.82, 2.24) is 16.0 Å². The van der Waals surface area contributed by atoms with E-state index in [0.29, 0.717) is 6.54 Å². The molecule has 130 valence electrons. The molecule has 0 unspecified atom stereocenters. The molecule has 0 atom stereocenters. The van der Waals surface area contributed by atoms with Crippen molar-refractivity contribution in [3.63, 3.8) is 0 Å². The molecule has 1 rings (SSSR count). The van der Waals surface area contributed by atoms with Crippen molar-refractivity contribution in [3.8, 4) is 0 Å². The van der Waals surface area contributed by atoms with Crippen molar-refractivity contribution in [2.75, 3.05) is 26.7 Å². The predicted molar refractivity (Wildman–Crippen MR) is 96.5 cm³/mol. The molecule has 0 fully saturated rings. The highest BCUT2D eigenvalue weighted by molar-refractivity contribution is 5.79. The Labute approximate surface area is 140 Å². The van der Waals surface area contributed by atoms with E-state index in [0.717, 1.165) is 24.6 Å². The Kier molecular flexibility index (Phi) is 7.01. The van der Waals surface area contributed by atoms with Crippen LogP contribution in [0.4, 0.5) is 4.39 Å². The maximum Gasteiger partial charge on any atom is 0.191 e. The number of nitrogens with one attached hydrogen (secondary N) is 3. The van der Waals surface area contributed by atoms with E-state index in [1.165, 1.54) is 6.07 Å². The summed E-state index contributed by atoms with van der Waals surface area (Å²) in [6.07, 6.45) is 0. The summed E-state index contributed by atoms with van der Waals surface area (Å²) in [6.45, 7) is 12.9. The Morgan fingerprint density at radius 3 is 2.35 bits per heavy atom. The molecule has 5 heteroatoms. The van der Waals surface area contributed by atoms with Gasteiger partial charge in [-0.05, 0) is 38.5 Å². The maximum atomic E-state index is 13.4. The van der Waals surface area contributed by atoms with Crippen LogP contribution in [0.3, 0.4) is 0 Å².